The fourth-order valence-corrected chi connectivity index (χ4v) is 3.74. The number of hydrogen-bond acceptors (Lipinski definition) is 3. The van der Waals surface area contributed by atoms with Gasteiger partial charge < -0.3 is 5.32 Å². The molecule has 1 aliphatic heterocycles. The van der Waals surface area contributed by atoms with Crippen molar-refractivity contribution in [3.05, 3.63) is 16.1 Å². The first-order valence-electron chi connectivity index (χ1n) is 6.26. The van der Waals surface area contributed by atoms with Crippen molar-refractivity contribution in [2.75, 3.05) is 6.54 Å². The number of aryl methyl sites for hydroxylation is 1. The molecule has 3 heteroatoms. The Morgan fingerprint density at radius 2 is 2.38 bits per heavy atom. The molecule has 1 saturated heterocycles. The van der Waals surface area contributed by atoms with Crippen molar-refractivity contribution in [3.63, 3.8) is 0 Å². The van der Waals surface area contributed by atoms with Gasteiger partial charge in [0.25, 0.3) is 0 Å². The Kier molecular flexibility index (Phi) is 3.65. The van der Waals surface area contributed by atoms with Gasteiger partial charge in [0, 0.05) is 23.0 Å². The fraction of sp³-hybridized carbons (Fsp3) is 0.769. The van der Waals surface area contributed by atoms with E-state index >= 15 is 0 Å². The summed E-state index contributed by atoms with van der Waals surface area (Å²) in [6.07, 6.45) is 5.01. The molecule has 1 fully saturated rings. The van der Waals surface area contributed by atoms with E-state index in [1.54, 1.807) is 0 Å². The van der Waals surface area contributed by atoms with E-state index in [9.17, 15) is 0 Å². The highest BCUT2D eigenvalue weighted by Gasteiger charge is 2.34. The number of aromatic nitrogens is 1. The van der Waals surface area contributed by atoms with E-state index in [1.807, 2.05) is 11.3 Å². The SMILES string of the molecule is Cc1csc(CC2(CC(C)C)CCCN2)n1. The normalized spacial score (nSPS) is 25.5. The van der Waals surface area contributed by atoms with Gasteiger partial charge in [0.05, 0.1) is 5.01 Å². The second-order valence-corrected chi connectivity index (χ2v) is 6.41. The Morgan fingerprint density at radius 1 is 1.56 bits per heavy atom. The van der Waals surface area contributed by atoms with Crippen molar-refractivity contribution in [2.24, 2.45) is 5.92 Å². The Morgan fingerprint density at radius 3 is 2.88 bits per heavy atom. The van der Waals surface area contributed by atoms with E-state index in [1.165, 1.54) is 30.8 Å². The number of nitrogens with zero attached hydrogens (tertiary/aromatic N) is 1. The molecule has 0 bridgehead atoms. The van der Waals surface area contributed by atoms with Crippen molar-refractivity contribution in [1.29, 1.82) is 0 Å². The highest BCUT2D eigenvalue weighted by molar-refractivity contribution is 7.09. The highest BCUT2D eigenvalue weighted by atomic mass is 32.1. The molecule has 0 spiro atoms. The molecule has 0 amide bonds. The van der Waals surface area contributed by atoms with Crippen molar-refractivity contribution in [3.8, 4) is 0 Å². The van der Waals surface area contributed by atoms with Gasteiger partial charge >= 0.3 is 0 Å². The van der Waals surface area contributed by atoms with Crippen molar-refractivity contribution >= 4 is 11.3 Å². The summed E-state index contributed by atoms with van der Waals surface area (Å²) in [5.74, 6) is 0.756. The van der Waals surface area contributed by atoms with E-state index < -0.39 is 0 Å². The third-order valence-corrected chi connectivity index (χ3v) is 4.25. The Labute approximate surface area is 102 Å². The van der Waals surface area contributed by atoms with Crippen LogP contribution in [0.4, 0.5) is 0 Å². The van der Waals surface area contributed by atoms with Gasteiger partial charge in [-0.15, -0.1) is 11.3 Å². The first-order chi connectivity index (χ1) is 7.60. The predicted octanol–water partition coefficient (Wildman–Crippen LogP) is 3.16. The number of rotatable bonds is 4. The first kappa shape index (κ1) is 12.1. The lowest BCUT2D eigenvalue weighted by Gasteiger charge is -2.30. The number of thiazole rings is 1. The van der Waals surface area contributed by atoms with E-state index in [-0.39, 0.29) is 0 Å². The molecule has 0 aliphatic carbocycles. The second-order valence-electron chi connectivity index (χ2n) is 5.47. The standard InChI is InChI=1S/C13H22N2S/c1-10(2)7-13(5-4-6-14-13)8-12-15-11(3)9-16-12/h9-10,14H,4-8H2,1-3H3. The molecule has 1 N–H and O–H groups in total. The molecule has 0 saturated carbocycles. The summed E-state index contributed by atoms with van der Waals surface area (Å²) in [7, 11) is 0. The van der Waals surface area contributed by atoms with E-state index in [2.05, 4.69) is 36.5 Å². The summed E-state index contributed by atoms with van der Waals surface area (Å²) in [6, 6.07) is 0. The maximum atomic E-state index is 4.61. The fourth-order valence-electron chi connectivity index (χ4n) is 2.82. The van der Waals surface area contributed by atoms with Gasteiger partial charge in [0.1, 0.15) is 0 Å². The summed E-state index contributed by atoms with van der Waals surface area (Å²) in [4.78, 5) is 4.61. The zero-order valence-corrected chi connectivity index (χ0v) is 11.4. The number of nitrogens with one attached hydrogen (secondary N) is 1. The Bertz CT molecular complexity index is 337. The van der Waals surface area contributed by atoms with Gasteiger partial charge in [0.15, 0.2) is 0 Å². The molecule has 1 aliphatic rings. The molecule has 2 rings (SSSR count). The van der Waals surface area contributed by atoms with E-state index in [0.29, 0.717) is 5.54 Å². The summed E-state index contributed by atoms with van der Waals surface area (Å²) in [5, 5.41) is 7.18. The monoisotopic (exact) mass is 238 g/mol. The molecular formula is C13H22N2S. The molecule has 1 unspecified atom stereocenters. The van der Waals surface area contributed by atoms with Crippen LogP contribution in [0, 0.1) is 12.8 Å². The minimum absolute atomic E-state index is 0.332. The van der Waals surface area contributed by atoms with Gasteiger partial charge in [-0.2, -0.15) is 0 Å². The minimum atomic E-state index is 0.332. The highest BCUT2D eigenvalue weighted by Crippen LogP contribution is 2.31. The summed E-state index contributed by atoms with van der Waals surface area (Å²) in [5.41, 5.74) is 1.50. The maximum absolute atomic E-state index is 4.61. The van der Waals surface area contributed by atoms with Gasteiger partial charge in [0.2, 0.25) is 0 Å². The van der Waals surface area contributed by atoms with Crippen LogP contribution in [0.2, 0.25) is 0 Å². The third-order valence-electron chi connectivity index (χ3n) is 3.29. The molecular weight excluding hydrogens is 216 g/mol. The van der Waals surface area contributed by atoms with Crippen LogP contribution in [-0.2, 0) is 6.42 Å². The smallest absolute Gasteiger partial charge is 0.0946 e. The zero-order chi connectivity index (χ0) is 11.6. The van der Waals surface area contributed by atoms with Crippen molar-refractivity contribution < 1.29 is 0 Å². The van der Waals surface area contributed by atoms with E-state index in [4.69, 9.17) is 0 Å². The largest absolute Gasteiger partial charge is 0.311 e. The second kappa shape index (κ2) is 4.84. The average molecular weight is 238 g/mol. The van der Waals surface area contributed by atoms with Crippen LogP contribution in [-0.4, -0.2) is 17.1 Å². The molecule has 2 heterocycles. The van der Waals surface area contributed by atoms with Gasteiger partial charge in [-0.1, -0.05) is 13.8 Å². The zero-order valence-electron chi connectivity index (χ0n) is 10.5. The topological polar surface area (TPSA) is 24.9 Å². The first-order valence-corrected chi connectivity index (χ1v) is 7.14. The van der Waals surface area contributed by atoms with Crippen molar-refractivity contribution in [2.45, 2.75) is 52.0 Å². The molecule has 1 aromatic rings. The van der Waals surface area contributed by atoms with Crippen LogP contribution in [0.5, 0.6) is 0 Å². The summed E-state index contributed by atoms with van der Waals surface area (Å²) >= 11 is 1.81. The van der Waals surface area contributed by atoms with Crippen LogP contribution >= 0.6 is 11.3 Å². The average Bonchev–Trinajstić information content (AvgIpc) is 2.76. The molecule has 1 atom stereocenters. The predicted molar refractivity (Wildman–Crippen MR) is 70.0 cm³/mol. The van der Waals surface area contributed by atoms with Crippen molar-refractivity contribution in [1.82, 2.24) is 10.3 Å². The quantitative estimate of drug-likeness (QED) is 0.871. The van der Waals surface area contributed by atoms with E-state index in [0.717, 1.165) is 18.0 Å². The lowest BCUT2D eigenvalue weighted by atomic mass is 9.85. The van der Waals surface area contributed by atoms with Crippen LogP contribution in [0.15, 0.2) is 5.38 Å². The Balaban J connectivity index is 2.08. The maximum Gasteiger partial charge on any atom is 0.0946 e. The third kappa shape index (κ3) is 2.83. The number of hydrogen-bond donors (Lipinski definition) is 1. The molecule has 0 radical (unpaired) electrons. The Hall–Kier alpha value is -0.410. The summed E-state index contributed by atoms with van der Waals surface area (Å²) in [6.45, 7) is 7.89. The van der Waals surface area contributed by atoms with Crippen LogP contribution in [0.1, 0.15) is 43.8 Å². The molecule has 90 valence electrons. The summed E-state index contributed by atoms with van der Waals surface area (Å²) < 4.78 is 0. The van der Waals surface area contributed by atoms with Gasteiger partial charge in [-0.25, -0.2) is 4.98 Å². The van der Waals surface area contributed by atoms with Crippen LogP contribution in [0.25, 0.3) is 0 Å². The molecule has 1 aromatic heterocycles. The van der Waals surface area contributed by atoms with Gasteiger partial charge in [-0.3, -0.25) is 0 Å². The van der Waals surface area contributed by atoms with Crippen LogP contribution < -0.4 is 5.32 Å². The lowest BCUT2D eigenvalue weighted by molar-refractivity contribution is 0.301. The lowest BCUT2D eigenvalue weighted by Crippen LogP contribution is -2.43. The van der Waals surface area contributed by atoms with Crippen LogP contribution in [0.3, 0.4) is 0 Å². The molecule has 16 heavy (non-hydrogen) atoms. The minimum Gasteiger partial charge on any atom is -0.311 e. The molecule has 0 aromatic carbocycles. The molecule has 2 nitrogen and oxygen atoms in total. The van der Waals surface area contributed by atoms with Gasteiger partial charge in [-0.05, 0) is 38.6 Å².